The highest BCUT2D eigenvalue weighted by Gasteiger charge is 2.24. The van der Waals surface area contributed by atoms with E-state index in [1.165, 1.54) is 0 Å². The van der Waals surface area contributed by atoms with Gasteiger partial charge >= 0.3 is 0 Å². The van der Waals surface area contributed by atoms with Gasteiger partial charge in [-0.15, -0.1) is 0 Å². The van der Waals surface area contributed by atoms with E-state index in [0.717, 1.165) is 11.4 Å². The molecule has 0 saturated carbocycles. The molecule has 0 saturated heterocycles. The van der Waals surface area contributed by atoms with Crippen LogP contribution >= 0.6 is 0 Å². The van der Waals surface area contributed by atoms with Gasteiger partial charge in [0.05, 0.1) is 11.7 Å². The van der Waals surface area contributed by atoms with Gasteiger partial charge < -0.3 is 9.64 Å². The molecule has 1 unspecified atom stereocenters. The molecule has 0 N–H and O–H groups in total. The number of carbonyl (C=O) groups is 1. The minimum Gasteiger partial charge on any atom is -0.489 e. The van der Waals surface area contributed by atoms with E-state index >= 15 is 0 Å². The van der Waals surface area contributed by atoms with Crippen molar-refractivity contribution in [2.45, 2.75) is 33.2 Å². The maximum Gasteiger partial charge on any atom is 0.142 e. The number of ketones is 1. The summed E-state index contributed by atoms with van der Waals surface area (Å²) in [4.78, 5) is 13.2. The highest BCUT2D eigenvalue weighted by Crippen LogP contribution is 2.32. The first-order valence-corrected chi connectivity index (χ1v) is 6.12. The Morgan fingerprint density at radius 2 is 2.06 bits per heavy atom. The molecule has 0 radical (unpaired) electrons. The zero-order valence-electron chi connectivity index (χ0n) is 11.1. The monoisotopic (exact) mass is 235 g/mol. The number of rotatable bonds is 2. The van der Waals surface area contributed by atoms with Crippen LogP contribution < -0.4 is 9.64 Å². The van der Waals surface area contributed by atoms with E-state index < -0.39 is 0 Å². The van der Waals surface area contributed by atoms with Crippen molar-refractivity contribution in [3.8, 4) is 5.75 Å². The van der Waals surface area contributed by atoms with E-state index in [9.17, 15) is 4.79 Å². The smallest absolute Gasteiger partial charge is 0.142 e. The number of anilines is 1. The molecule has 94 valence electrons. The van der Waals surface area contributed by atoms with E-state index in [2.05, 4.69) is 4.90 Å². The molecule has 2 rings (SSSR count). The molecule has 0 bridgehead atoms. The lowest BCUT2D eigenvalue weighted by atomic mass is 10.1. The number of ether oxygens (including phenoxy) is 1. The molecule has 0 spiro atoms. The quantitative estimate of drug-likeness (QED) is 0.789. The van der Waals surface area contributed by atoms with Crippen molar-refractivity contribution < 1.29 is 9.53 Å². The van der Waals surface area contributed by atoms with E-state index in [1.54, 1.807) is 6.92 Å². The summed E-state index contributed by atoms with van der Waals surface area (Å²) in [5.74, 6) is 1.11. The zero-order chi connectivity index (χ0) is 12.8. The van der Waals surface area contributed by atoms with Crippen molar-refractivity contribution in [3.63, 3.8) is 0 Å². The molecule has 0 aliphatic carbocycles. The van der Waals surface area contributed by atoms with Crippen LogP contribution in [0.5, 0.6) is 5.75 Å². The largest absolute Gasteiger partial charge is 0.489 e. The van der Waals surface area contributed by atoms with Gasteiger partial charge in [-0.25, -0.2) is 0 Å². The summed E-state index contributed by atoms with van der Waals surface area (Å²) in [6, 6.07) is 8.07. The lowest BCUT2D eigenvalue weighted by Crippen LogP contribution is -2.41. The number of benzene rings is 1. The first-order chi connectivity index (χ1) is 8.18. The molecule has 3 heteroatoms. The normalized spacial score (nSPS) is 17.4. The van der Waals surface area contributed by atoms with Crippen molar-refractivity contribution in [3.05, 3.63) is 24.3 Å². The highest BCUT2D eigenvalue weighted by atomic mass is 16.5. The van der Waals surface area contributed by atoms with Crippen LogP contribution in [0.25, 0.3) is 0 Å². The Labute approximate surface area is 103 Å². The Balaban J connectivity index is 0.000000686. The van der Waals surface area contributed by atoms with Crippen LogP contribution in [0.15, 0.2) is 24.3 Å². The van der Waals surface area contributed by atoms with Crippen molar-refractivity contribution >= 4 is 11.5 Å². The predicted octanol–water partition coefficient (Wildman–Crippen LogP) is 2.89. The molecular formula is C14H21NO2. The predicted molar refractivity (Wildman–Crippen MR) is 70.8 cm³/mol. The van der Waals surface area contributed by atoms with Gasteiger partial charge in [-0.1, -0.05) is 26.0 Å². The molecule has 3 nitrogen and oxygen atoms in total. The third-order valence-electron chi connectivity index (χ3n) is 2.75. The number of fused-ring (bicyclic) bond motifs is 1. The molecule has 0 amide bonds. The first kappa shape index (κ1) is 13.6. The van der Waals surface area contributed by atoms with Crippen molar-refractivity contribution in [1.29, 1.82) is 0 Å². The van der Waals surface area contributed by atoms with Crippen LogP contribution in [-0.2, 0) is 4.79 Å². The fourth-order valence-corrected chi connectivity index (χ4v) is 1.89. The van der Waals surface area contributed by atoms with Gasteiger partial charge in [0.1, 0.15) is 18.1 Å². The van der Waals surface area contributed by atoms with Gasteiger partial charge in [0.2, 0.25) is 0 Å². The number of Topliss-reactive ketones (excluding diaryl/α,β-unsaturated/α-hetero) is 1. The lowest BCUT2D eigenvalue weighted by molar-refractivity contribution is -0.117. The number of likely N-dealkylation sites (N-methyl/N-ethyl adjacent to an activating group) is 1. The SMILES string of the molecule is CC.CC(=O)CC1COc2ccccc2N1C. The Hall–Kier alpha value is -1.51. The minimum absolute atomic E-state index is 0.164. The number of hydrogen-bond donors (Lipinski definition) is 0. The number of nitrogens with zero attached hydrogens (tertiary/aromatic N) is 1. The molecule has 1 heterocycles. The van der Waals surface area contributed by atoms with Gasteiger partial charge in [-0.3, -0.25) is 4.79 Å². The fourth-order valence-electron chi connectivity index (χ4n) is 1.89. The molecule has 0 fully saturated rings. The van der Waals surface area contributed by atoms with Gasteiger partial charge in [0.25, 0.3) is 0 Å². The molecule has 1 aromatic rings. The molecular weight excluding hydrogens is 214 g/mol. The second-order valence-corrected chi connectivity index (χ2v) is 3.95. The van der Waals surface area contributed by atoms with Crippen molar-refractivity contribution in [2.75, 3.05) is 18.6 Å². The van der Waals surface area contributed by atoms with E-state index in [-0.39, 0.29) is 11.8 Å². The molecule has 1 aliphatic heterocycles. The second-order valence-electron chi connectivity index (χ2n) is 3.95. The summed E-state index contributed by atoms with van der Waals surface area (Å²) in [6.45, 7) is 6.21. The maximum absolute atomic E-state index is 11.1. The topological polar surface area (TPSA) is 29.5 Å². The molecule has 17 heavy (non-hydrogen) atoms. The Kier molecular flexibility index (Phi) is 5.01. The van der Waals surface area contributed by atoms with Crippen LogP contribution in [0.2, 0.25) is 0 Å². The Bertz CT molecular complexity index is 376. The second kappa shape index (κ2) is 6.28. The maximum atomic E-state index is 11.1. The molecule has 1 aromatic carbocycles. The Morgan fingerprint density at radius 3 is 2.71 bits per heavy atom. The molecule has 1 aliphatic rings. The van der Waals surface area contributed by atoms with E-state index in [1.807, 2.05) is 45.2 Å². The van der Waals surface area contributed by atoms with Crippen LogP contribution in [-0.4, -0.2) is 25.5 Å². The molecule has 1 atom stereocenters. The van der Waals surface area contributed by atoms with E-state index in [0.29, 0.717) is 13.0 Å². The summed E-state index contributed by atoms with van der Waals surface area (Å²) in [6.07, 6.45) is 0.546. The third kappa shape index (κ3) is 3.22. The number of hydrogen-bond acceptors (Lipinski definition) is 3. The van der Waals surface area contributed by atoms with Crippen molar-refractivity contribution in [1.82, 2.24) is 0 Å². The van der Waals surface area contributed by atoms with E-state index in [4.69, 9.17) is 4.74 Å². The lowest BCUT2D eigenvalue weighted by Gasteiger charge is -2.35. The van der Waals surface area contributed by atoms with Gasteiger partial charge in [-0.2, -0.15) is 0 Å². The van der Waals surface area contributed by atoms with Crippen LogP contribution in [0.1, 0.15) is 27.2 Å². The average molecular weight is 235 g/mol. The first-order valence-electron chi connectivity index (χ1n) is 6.12. The van der Waals surface area contributed by atoms with Gasteiger partial charge in [0, 0.05) is 13.5 Å². The molecule has 0 aromatic heterocycles. The number of para-hydroxylation sites is 2. The summed E-state index contributed by atoms with van der Waals surface area (Å²) in [5.41, 5.74) is 1.06. The summed E-state index contributed by atoms with van der Waals surface area (Å²) in [7, 11) is 2.01. The van der Waals surface area contributed by atoms with Crippen LogP contribution in [0.3, 0.4) is 0 Å². The van der Waals surface area contributed by atoms with Crippen molar-refractivity contribution in [2.24, 2.45) is 0 Å². The third-order valence-corrected chi connectivity index (χ3v) is 2.75. The average Bonchev–Trinajstić information content (AvgIpc) is 2.35. The highest BCUT2D eigenvalue weighted by molar-refractivity contribution is 5.77. The zero-order valence-corrected chi connectivity index (χ0v) is 11.1. The fraction of sp³-hybridized carbons (Fsp3) is 0.500. The van der Waals surface area contributed by atoms with Gasteiger partial charge in [0.15, 0.2) is 0 Å². The standard InChI is InChI=1S/C12H15NO2.C2H6/c1-9(14)7-10-8-15-12-6-4-3-5-11(12)13(10)2;1-2/h3-6,10H,7-8H2,1-2H3;1-2H3. The van der Waals surface area contributed by atoms with Gasteiger partial charge in [-0.05, 0) is 19.1 Å². The summed E-state index contributed by atoms with van der Waals surface area (Å²) in [5, 5.41) is 0. The summed E-state index contributed by atoms with van der Waals surface area (Å²) >= 11 is 0. The summed E-state index contributed by atoms with van der Waals surface area (Å²) < 4.78 is 5.61. The van der Waals surface area contributed by atoms with Crippen LogP contribution in [0.4, 0.5) is 5.69 Å². The number of carbonyl (C=O) groups excluding carboxylic acids is 1. The van der Waals surface area contributed by atoms with Crippen LogP contribution in [0, 0.1) is 0 Å². The minimum atomic E-state index is 0.164. The Morgan fingerprint density at radius 1 is 1.41 bits per heavy atom.